The van der Waals surface area contributed by atoms with Crippen LogP contribution in [0.25, 0.3) is 0 Å². The number of rotatable bonds is 8. The zero-order valence-electron chi connectivity index (χ0n) is 11.1. The number of ether oxygens (including phenoxy) is 2. The van der Waals surface area contributed by atoms with Gasteiger partial charge in [-0.15, -0.1) is 0 Å². The quantitative estimate of drug-likeness (QED) is 0.648. The van der Waals surface area contributed by atoms with Crippen LogP contribution in [0.4, 0.5) is 0 Å². The van der Waals surface area contributed by atoms with Gasteiger partial charge in [0, 0.05) is 26.4 Å². The van der Waals surface area contributed by atoms with Crippen LogP contribution in [0.15, 0.2) is 0 Å². The summed E-state index contributed by atoms with van der Waals surface area (Å²) >= 11 is 0. The highest BCUT2D eigenvalue weighted by atomic mass is 16.5. The topological polar surface area (TPSA) is 30.5 Å². The molecule has 0 amide bonds. The molecule has 0 aromatic carbocycles. The van der Waals surface area contributed by atoms with E-state index in [4.69, 9.17) is 9.47 Å². The van der Waals surface area contributed by atoms with E-state index in [1.807, 2.05) is 0 Å². The van der Waals surface area contributed by atoms with Gasteiger partial charge in [-0.25, -0.2) is 0 Å². The van der Waals surface area contributed by atoms with Crippen LogP contribution >= 0.6 is 0 Å². The van der Waals surface area contributed by atoms with Crippen LogP contribution in [-0.4, -0.2) is 39.0 Å². The second kappa shape index (κ2) is 7.25. The van der Waals surface area contributed by atoms with Crippen LogP contribution in [-0.2, 0) is 9.47 Å². The maximum absolute atomic E-state index is 6.07. The average Bonchev–Trinajstić information content (AvgIpc) is 2.74. The van der Waals surface area contributed by atoms with Crippen LogP contribution < -0.4 is 5.32 Å². The lowest BCUT2D eigenvalue weighted by atomic mass is 9.88. The highest BCUT2D eigenvalue weighted by Gasteiger charge is 2.40. The first-order valence-corrected chi connectivity index (χ1v) is 6.59. The average molecular weight is 229 g/mol. The van der Waals surface area contributed by atoms with E-state index in [1.165, 1.54) is 25.7 Å². The molecule has 1 aliphatic rings. The molecule has 0 radical (unpaired) electrons. The number of methoxy groups -OCH3 is 1. The Morgan fingerprint density at radius 1 is 1.31 bits per heavy atom. The van der Waals surface area contributed by atoms with Gasteiger partial charge in [-0.2, -0.15) is 0 Å². The largest absolute Gasteiger partial charge is 0.385 e. The van der Waals surface area contributed by atoms with Crippen LogP contribution in [0, 0.1) is 0 Å². The third-order valence-corrected chi connectivity index (χ3v) is 3.71. The zero-order valence-corrected chi connectivity index (χ0v) is 11.1. The Morgan fingerprint density at radius 2 is 2.00 bits per heavy atom. The molecule has 1 rings (SSSR count). The van der Waals surface area contributed by atoms with Gasteiger partial charge < -0.3 is 14.8 Å². The highest BCUT2D eigenvalue weighted by molar-refractivity contribution is 4.96. The van der Waals surface area contributed by atoms with E-state index in [0.29, 0.717) is 6.04 Å². The van der Waals surface area contributed by atoms with Gasteiger partial charge >= 0.3 is 0 Å². The van der Waals surface area contributed by atoms with Crippen LogP contribution in [0.3, 0.4) is 0 Å². The first kappa shape index (κ1) is 13.9. The molecule has 0 heterocycles. The van der Waals surface area contributed by atoms with E-state index in [0.717, 1.165) is 26.1 Å². The van der Waals surface area contributed by atoms with Crippen molar-refractivity contribution < 1.29 is 9.47 Å². The Hall–Kier alpha value is -0.120. The van der Waals surface area contributed by atoms with Crippen molar-refractivity contribution in [3.05, 3.63) is 0 Å². The van der Waals surface area contributed by atoms with Crippen molar-refractivity contribution in [2.75, 3.05) is 27.4 Å². The Morgan fingerprint density at radius 3 is 2.50 bits per heavy atom. The molecule has 0 bridgehead atoms. The normalized spacial score (nSPS) is 21.2. The van der Waals surface area contributed by atoms with Crippen molar-refractivity contribution in [2.24, 2.45) is 0 Å². The van der Waals surface area contributed by atoms with Crippen LogP contribution in [0.5, 0.6) is 0 Å². The molecule has 0 aliphatic heterocycles. The first-order valence-electron chi connectivity index (χ1n) is 6.59. The van der Waals surface area contributed by atoms with Crippen LogP contribution in [0.2, 0.25) is 0 Å². The minimum atomic E-state index is 0.0945. The van der Waals surface area contributed by atoms with Gasteiger partial charge in [0.25, 0.3) is 0 Å². The lowest BCUT2D eigenvalue weighted by Crippen LogP contribution is -2.49. The van der Waals surface area contributed by atoms with Gasteiger partial charge in [-0.1, -0.05) is 12.8 Å². The molecule has 1 saturated carbocycles. The van der Waals surface area contributed by atoms with Gasteiger partial charge in [0.2, 0.25) is 0 Å². The highest BCUT2D eigenvalue weighted by Crippen LogP contribution is 2.37. The molecule has 1 aliphatic carbocycles. The van der Waals surface area contributed by atoms with E-state index >= 15 is 0 Å². The molecule has 1 atom stereocenters. The number of nitrogens with one attached hydrogen (secondary N) is 1. The van der Waals surface area contributed by atoms with E-state index in [2.05, 4.69) is 19.3 Å². The van der Waals surface area contributed by atoms with Crippen molar-refractivity contribution in [1.29, 1.82) is 0 Å². The van der Waals surface area contributed by atoms with Crippen LogP contribution in [0.1, 0.15) is 45.4 Å². The van der Waals surface area contributed by atoms with Gasteiger partial charge in [0.15, 0.2) is 0 Å². The molecule has 0 aromatic heterocycles. The molecule has 96 valence electrons. The summed E-state index contributed by atoms with van der Waals surface area (Å²) in [5.74, 6) is 0. The maximum atomic E-state index is 6.07. The molecule has 1 N–H and O–H groups in total. The van der Waals surface area contributed by atoms with Crippen molar-refractivity contribution >= 4 is 0 Å². The Kier molecular flexibility index (Phi) is 6.32. The molecule has 1 unspecified atom stereocenters. The number of hydrogen-bond donors (Lipinski definition) is 1. The summed E-state index contributed by atoms with van der Waals surface area (Å²) in [5.41, 5.74) is 0.0945. The van der Waals surface area contributed by atoms with E-state index in [9.17, 15) is 0 Å². The summed E-state index contributed by atoms with van der Waals surface area (Å²) < 4.78 is 11.2. The van der Waals surface area contributed by atoms with Crippen molar-refractivity contribution in [1.82, 2.24) is 5.32 Å². The summed E-state index contributed by atoms with van der Waals surface area (Å²) in [6, 6.07) is 0.477. The molecule has 0 saturated heterocycles. The zero-order chi connectivity index (χ0) is 11.9. The monoisotopic (exact) mass is 229 g/mol. The summed E-state index contributed by atoms with van der Waals surface area (Å²) in [6.45, 7) is 3.77. The second-order valence-corrected chi connectivity index (χ2v) is 4.68. The standard InChI is InChI=1S/C13H27NO2/c1-4-16-13(9-5-6-10-13)12(14-2)8-7-11-15-3/h12,14H,4-11H2,1-3H3. The number of likely N-dealkylation sites (N-methyl/N-ethyl adjacent to an activating group) is 1. The summed E-state index contributed by atoms with van der Waals surface area (Å²) in [4.78, 5) is 0. The Balaban J connectivity index is 2.51. The molecule has 3 nitrogen and oxygen atoms in total. The molecule has 3 heteroatoms. The predicted molar refractivity (Wildman–Crippen MR) is 66.8 cm³/mol. The van der Waals surface area contributed by atoms with Crippen molar-refractivity contribution in [3.8, 4) is 0 Å². The molecule has 0 spiro atoms. The minimum absolute atomic E-state index is 0.0945. The Bertz CT molecular complexity index is 179. The molecule has 0 aromatic rings. The second-order valence-electron chi connectivity index (χ2n) is 4.68. The van der Waals surface area contributed by atoms with Gasteiger partial charge in [0.1, 0.15) is 0 Å². The van der Waals surface area contributed by atoms with Gasteiger partial charge in [0.05, 0.1) is 5.60 Å². The molecule has 16 heavy (non-hydrogen) atoms. The fraction of sp³-hybridized carbons (Fsp3) is 1.00. The minimum Gasteiger partial charge on any atom is -0.385 e. The van der Waals surface area contributed by atoms with Crippen molar-refractivity contribution in [2.45, 2.75) is 57.1 Å². The van der Waals surface area contributed by atoms with Gasteiger partial charge in [-0.3, -0.25) is 0 Å². The lowest BCUT2D eigenvalue weighted by Gasteiger charge is -2.37. The van der Waals surface area contributed by atoms with Gasteiger partial charge in [-0.05, 0) is 39.7 Å². The fourth-order valence-electron chi connectivity index (χ4n) is 2.96. The maximum Gasteiger partial charge on any atom is 0.0834 e. The SMILES string of the molecule is CCOC1(C(CCCOC)NC)CCCC1. The predicted octanol–water partition coefficient (Wildman–Crippen LogP) is 2.35. The lowest BCUT2D eigenvalue weighted by molar-refractivity contribution is -0.0627. The smallest absolute Gasteiger partial charge is 0.0834 e. The fourth-order valence-corrected chi connectivity index (χ4v) is 2.96. The summed E-state index contributed by atoms with van der Waals surface area (Å²) in [5, 5.41) is 3.45. The first-order chi connectivity index (χ1) is 7.79. The third-order valence-electron chi connectivity index (χ3n) is 3.71. The molecular formula is C13H27NO2. The molecular weight excluding hydrogens is 202 g/mol. The third kappa shape index (κ3) is 3.44. The van der Waals surface area contributed by atoms with Crippen molar-refractivity contribution in [3.63, 3.8) is 0 Å². The molecule has 1 fully saturated rings. The number of hydrogen-bond acceptors (Lipinski definition) is 3. The summed E-state index contributed by atoms with van der Waals surface area (Å²) in [6.07, 6.45) is 7.28. The van der Waals surface area contributed by atoms with E-state index in [1.54, 1.807) is 7.11 Å². The van der Waals surface area contributed by atoms with E-state index < -0.39 is 0 Å². The Labute approximate surface area is 99.9 Å². The van der Waals surface area contributed by atoms with E-state index in [-0.39, 0.29) is 5.60 Å². The summed E-state index contributed by atoms with van der Waals surface area (Å²) in [7, 11) is 3.82.